The van der Waals surface area contributed by atoms with Crippen molar-refractivity contribution in [1.82, 2.24) is 9.97 Å². The minimum atomic E-state index is 0.675. The van der Waals surface area contributed by atoms with Crippen LogP contribution in [0.15, 0.2) is 53.0 Å². The number of para-hydroxylation sites is 2. The molecular weight excluding hydrogens is 380 g/mol. The molecule has 0 fully saturated rings. The fraction of sp³-hybridized carbons (Fsp3) is 0.158. The van der Waals surface area contributed by atoms with Crippen molar-refractivity contribution < 1.29 is 4.74 Å². The van der Waals surface area contributed by atoms with E-state index in [2.05, 4.69) is 49.5 Å². The summed E-state index contributed by atoms with van der Waals surface area (Å²) >= 11 is 3.55. The lowest BCUT2D eigenvalue weighted by Gasteiger charge is -2.13. The smallest absolute Gasteiger partial charge is 0.142 e. The average molecular weight is 399 g/mol. The third-order valence-corrected chi connectivity index (χ3v) is 4.51. The molecular formula is C19H19BrN4O. The first-order chi connectivity index (χ1) is 12.0. The lowest BCUT2D eigenvalue weighted by molar-refractivity contribution is 0.417. The van der Waals surface area contributed by atoms with Gasteiger partial charge >= 0.3 is 0 Å². The van der Waals surface area contributed by atoms with Crippen LogP contribution in [0.3, 0.4) is 0 Å². The van der Waals surface area contributed by atoms with Crippen molar-refractivity contribution in [2.24, 2.45) is 0 Å². The molecule has 0 amide bonds. The Morgan fingerprint density at radius 3 is 2.36 bits per heavy atom. The lowest BCUT2D eigenvalue weighted by Crippen LogP contribution is -2.02. The van der Waals surface area contributed by atoms with Gasteiger partial charge in [-0.2, -0.15) is 0 Å². The molecule has 3 aromatic rings. The molecule has 0 unspecified atom stereocenters. The van der Waals surface area contributed by atoms with Crippen LogP contribution in [0, 0.1) is 13.8 Å². The number of ether oxygens (including phenoxy) is 1. The number of halogens is 1. The Balaban J connectivity index is 1.86. The summed E-state index contributed by atoms with van der Waals surface area (Å²) in [5.74, 6) is 2.86. The van der Waals surface area contributed by atoms with Crippen molar-refractivity contribution in [3.8, 4) is 5.75 Å². The number of rotatable bonds is 5. The van der Waals surface area contributed by atoms with Gasteiger partial charge in [0.1, 0.15) is 23.2 Å². The van der Waals surface area contributed by atoms with Gasteiger partial charge < -0.3 is 15.4 Å². The maximum Gasteiger partial charge on any atom is 0.142 e. The van der Waals surface area contributed by atoms with Crippen molar-refractivity contribution in [3.05, 3.63) is 64.4 Å². The van der Waals surface area contributed by atoms with Crippen molar-refractivity contribution in [3.63, 3.8) is 0 Å². The zero-order chi connectivity index (χ0) is 17.8. The highest BCUT2D eigenvalue weighted by Gasteiger charge is 2.07. The van der Waals surface area contributed by atoms with E-state index in [1.54, 1.807) is 7.11 Å². The van der Waals surface area contributed by atoms with Crippen LogP contribution < -0.4 is 15.4 Å². The monoisotopic (exact) mass is 398 g/mol. The second-order valence-electron chi connectivity index (χ2n) is 5.60. The molecule has 5 nitrogen and oxygen atoms in total. The minimum Gasteiger partial charge on any atom is -0.495 e. The summed E-state index contributed by atoms with van der Waals surface area (Å²) in [6.07, 6.45) is 0. The van der Waals surface area contributed by atoms with Gasteiger partial charge in [-0.3, -0.25) is 0 Å². The van der Waals surface area contributed by atoms with Crippen molar-refractivity contribution in [1.29, 1.82) is 0 Å². The molecule has 0 radical (unpaired) electrons. The molecule has 0 saturated carbocycles. The molecule has 6 heteroatoms. The number of hydrogen-bond acceptors (Lipinski definition) is 5. The molecule has 2 aromatic carbocycles. The molecule has 0 bridgehead atoms. The Labute approximate surface area is 155 Å². The second-order valence-corrected chi connectivity index (χ2v) is 6.45. The molecule has 1 heterocycles. The van der Waals surface area contributed by atoms with Crippen LogP contribution in [0.2, 0.25) is 0 Å². The largest absolute Gasteiger partial charge is 0.495 e. The van der Waals surface area contributed by atoms with E-state index >= 15 is 0 Å². The number of hydrogen-bond donors (Lipinski definition) is 2. The lowest BCUT2D eigenvalue weighted by atomic mass is 10.2. The molecule has 128 valence electrons. The van der Waals surface area contributed by atoms with E-state index in [1.807, 2.05) is 49.4 Å². The van der Waals surface area contributed by atoms with E-state index in [0.717, 1.165) is 27.4 Å². The Kier molecular flexibility index (Phi) is 5.19. The molecule has 3 rings (SSSR count). The van der Waals surface area contributed by atoms with Crippen molar-refractivity contribution in [2.45, 2.75) is 13.8 Å². The first-order valence-electron chi connectivity index (χ1n) is 7.84. The van der Waals surface area contributed by atoms with E-state index in [-0.39, 0.29) is 0 Å². The SMILES string of the molecule is COc1ccccc1Nc1cc(Nc2ccc(C)c(Br)c2)nc(C)n1. The molecule has 0 aliphatic carbocycles. The first kappa shape index (κ1) is 17.2. The van der Waals surface area contributed by atoms with E-state index in [9.17, 15) is 0 Å². The highest BCUT2D eigenvalue weighted by Crippen LogP contribution is 2.28. The number of benzene rings is 2. The normalized spacial score (nSPS) is 10.4. The van der Waals surface area contributed by atoms with Crippen LogP contribution in [0.5, 0.6) is 5.75 Å². The van der Waals surface area contributed by atoms with Crippen LogP contribution in [-0.4, -0.2) is 17.1 Å². The summed E-state index contributed by atoms with van der Waals surface area (Å²) < 4.78 is 6.42. The third-order valence-electron chi connectivity index (χ3n) is 3.65. The summed E-state index contributed by atoms with van der Waals surface area (Å²) in [7, 11) is 1.65. The summed E-state index contributed by atoms with van der Waals surface area (Å²) in [6.45, 7) is 3.92. The minimum absolute atomic E-state index is 0.675. The Hall–Kier alpha value is -2.60. The molecule has 1 aromatic heterocycles. The molecule has 0 spiro atoms. The highest BCUT2D eigenvalue weighted by atomic mass is 79.9. The summed E-state index contributed by atoms with van der Waals surface area (Å²) in [6, 6.07) is 15.7. The van der Waals surface area contributed by atoms with E-state index in [0.29, 0.717) is 11.6 Å². The predicted molar refractivity (Wildman–Crippen MR) is 105 cm³/mol. The van der Waals surface area contributed by atoms with Gasteiger partial charge in [0.2, 0.25) is 0 Å². The molecule has 2 N–H and O–H groups in total. The fourth-order valence-corrected chi connectivity index (χ4v) is 2.78. The molecule has 0 atom stereocenters. The van der Waals surface area contributed by atoms with Gasteiger partial charge in [-0.05, 0) is 43.7 Å². The fourth-order valence-electron chi connectivity index (χ4n) is 2.40. The van der Waals surface area contributed by atoms with Crippen LogP contribution >= 0.6 is 15.9 Å². The zero-order valence-corrected chi connectivity index (χ0v) is 15.9. The molecule has 0 saturated heterocycles. The standard InChI is InChI=1S/C19H19BrN4O/c1-12-8-9-14(10-15(12)20)23-18-11-19(22-13(2)21-18)24-16-6-4-5-7-17(16)25-3/h4-11H,1-3H3,(H2,21,22,23,24). The Bertz CT molecular complexity index is 898. The van der Waals surface area contributed by atoms with Gasteiger partial charge in [0, 0.05) is 16.2 Å². The molecule has 25 heavy (non-hydrogen) atoms. The Morgan fingerprint density at radius 1 is 0.920 bits per heavy atom. The number of nitrogens with one attached hydrogen (secondary N) is 2. The molecule has 0 aliphatic rings. The number of nitrogens with zero attached hydrogens (tertiary/aromatic N) is 2. The van der Waals surface area contributed by atoms with Gasteiger partial charge in [0.25, 0.3) is 0 Å². The van der Waals surface area contributed by atoms with E-state index in [4.69, 9.17) is 4.74 Å². The first-order valence-corrected chi connectivity index (χ1v) is 8.63. The summed E-state index contributed by atoms with van der Waals surface area (Å²) in [5, 5.41) is 6.60. The van der Waals surface area contributed by atoms with Gasteiger partial charge in [-0.1, -0.05) is 34.1 Å². The van der Waals surface area contributed by atoms with Gasteiger partial charge in [-0.15, -0.1) is 0 Å². The quantitative estimate of drug-likeness (QED) is 0.606. The zero-order valence-electron chi connectivity index (χ0n) is 14.3. The van der Waals surface area contributed by atoms with Gasteiger partial charge in [0.05, 0.1) is 12.8 Å². The van der Waals surface area contributed by atoms with Crippen LogP contribution in [-0.2, 0) is 0 Å². The summed E-state index contributed by atoms with van der Waals surface area (Å²) in [4.78, 5) is 8.91. The Morgan fingerprint density at radius 2 is 1.64 bits per heavy atom. The molecule has 0 aliphatic heterocycles. The van der Waals surface area contributed by atoms with Crippen molar-refractivity contribution >= 4 is 38.9 Å². The topological polar surface area (TPSA) is 59.1 Å². The number of anilines is 4. The number of methoxy groups -OCH3 is 1. The van der Waals surface area contributed by atoms with Gasteiger partial charge in [-0.25, -0.2) is 9.97 Å². The average Bonchev–Trinajstić information content (AvgIpc) is 2.58. The van der Waals surface area contributed by atoms with E-state index < -0.39 is 0 Å². The highest BCUT2D eigenvalue weighted by molar-refractivity contribution is 9.10. The van der Waals surface area contributed by atoms with Gasteiger partial charge in [0.15, 0.2) is 0 Å². The maximum absolute atomic E-state index is 5.37. The van der Waals surface area contributed by atoms with Crippen LogP contribution in [0.1, 0.15) is 11.4 Å². The van der Waals surface area contributed by atoms with Crippen molar-refractivity contribution in [2.75, 3.05) is 17.7 Å². The number of aryl methyl sites for hydroxylation is 2. The predicted octanol–water partition coefficient (Wildman–Crippen LogP) is 5.35. The number of aromatic nitrogens is 2. The third kappa shape index (κ3) is 4.28. The maximum atomic E-state index is 5.37. The van der Waals surface area contributed by atoms with Crippen LogP contribution in [0.25, 0.3) is 0 Å². The van der Waals surface area contributed by atoms with Crippen LogP contribution in [0.4, 0.5) is 23.0 Å². The summed E-state index contributed by atoms with van der Waals surface area (Å²) in [5.41, 5.74) is 2.99. The van der Waals surface area contributed by atoms with E-state index in [1.165, 1.54) is 5.56 Å². The second kappa shape index (κ2) is 7.53.